The quantitative estimate of drug-likeness (QED) is 0.703. The van der Waals surface area contributed by atoms with Gasteiger partial charge in [-0.05, 0) is 6.42 Å². The third kappa shape index (κ3) is 2.64. The molecule has 0 amide bonds. The van der Waals surface area contributed by atoms with Gasteiger partial charge in [0.15, 0.2) is 0 Å². The normalized spacial score (nSPS) is 35.7. The molecule has 0 unspecified atom stereocenters. The fraction of sp³-hybridized carbons (Fsp3) is 1.00. The molecule has 0 saturated carbocycles. The van der Waals surface area contributed by atoms with E-state index in [1.807, 2.05) is 0 Å². The zero-order valence-electron chi connectivity index (χ0n) is 8.74. The molecule has 3 atom stereocenters. The van der Waals surface area contributed by atoms with E-state index in [1.54, 1.807) is 6.92 Å². The molecule has 1 heterocycles. The van der Waals surface area contributed by atoms with Crippen LogP contribution in [0.5, 0.6) is 0 Å². The molecule has 0 bridgehead atoms. The average Bonchev–Trinajstić information content (AvgIpc) is 2.26. The number of hydrogen-bond donors (Lipinski definition) is 0. The first-order valence-corrected chi connectivity index (χ1v) is 6.41. The van der Waals surface area contributed by atoms with Crippen LogP contribution in [-0.2, 0) is 19.0 Å². The third-order valence-electron chi connectivity index (χ3n) is 2.44. The largest absolute Gasteiger partial charge is 0.343 e. The van der Waals surface area contributed by atoms with E-state index in [0.717, 1.165) is 6.26 Å². The highest BCUT2D eigenvalue weighted by Gasteiger charge is 2.57. The Morgan fingerprint density at radius 2 is 2.00 bits per heavy atom. The van der Waals surface area contributed by atoms with Crippen molar-refractivity contribution in [2.75, 3.05) is 6.26 Å². The minimum absolute atomic E-state index is 0.389. The fourth-order valence-electron chi connectivity index (χ4n) is 1.53. The number of halogens is 2. The monoisotopic (exact) mass is 244 g/mol. The van der Waals surface area contributed by atoms with Crippen molar-refractivity contribution in [3.8, 4) is 0 Å². The van der Waals surface area contributed by atoms with Crippen molar-refractivity contribution in [1.82, 2.24) is 0 Å². The maximum atomic E-state index is 13.5. The van der Waals surface area contributed by atoms with Gasteiger partial charge in [-0.25, -0.2) is 13.0 Å². The molecule has 0 aromatic heterocycles. The van der Waals surface area contributed by atoms with E-state index in [2.05, 4.69) is 4.18 Å². The topological polar surface area (TPSA) is 52.6 Å². The second-order valence-electron chi connectivity index (χ2n) is 3.68. The van der Waals surface area contributed by atoms with Gasteiger partial charge in [0, 0.05) is 0 Å². The Kier molecular flexibility index (Phi) is 3.37. The highest BCUT2D eigenvalue weighted by Crippen LogP contribution is 2.42. The molecule has 7 heteroatoms. The van der Waals surface area contributed by atoms with Gasteiger partial charge in [-0.2, -0.15) is 8.42 Å². The Bertz CT molecular complexity index is 328. The Morgan fingerprint density at radius 3 is 2.33 bits per heavy atom. The van der Waals surface area contributed by atoms with Gasteiger partial charge in [0.25, 0.3) is 10.1 Å². The van der Waals surface area contributed by atoms with Crippen molar-refractivity contribution in [2.45, 2.75) is 38.6 Å². The summed E-state index contributed by atoms with van der Waals surface area (Å²) in [6.45, 7) is 3.01. The Labute approximate surface area is 87.7 Å². The van der Waals surface area contributed by atoms with Gasteiger partial charge in [-0.1, -0.05) is 13.8 Å². The lowest BCUT2D eigenvalue weighted by Crippen LogP contribution is -2.36. The van der Waals surface area contributed by atoms with Crippen LogP contribution in [0.4, 0.5) is 8.78 Å². The van der Waals surface area contributed by atoms with Crippen LogP contribution < -0.4 is 0 Å². The number of ether oxygens (including phenoxy) is 1. The van der Waals surface area contributed by atoms with E-state index >= 15 is 0 Å². The minimum Gasteiger partial charge on any atom is -0.343 e. The van der Waals surface area contributed by atoms with Crippen molar-refractivity contribution in [1.29, 1.82) is 0 Å². The second kappa shape index (κ2) is 3.95. The molecule has 0 aliphatic carbocycles. The summed E-state index contributed by atoms with van der Waals surface area (Å²) in [5.41, 5.74) is 0. The van der Waals surface area contributed by atoms with Crippen LogP contribution in [0, 0.1) is 5.92 Å². The van der Waals surface area contributed by atoms with Gasteiger partial charge in [0.1, 0.15) is 0 Å². The van der Waals surface area contributed by atoms with Crippen LogP contribution in [0.2, 0.25) is 0 Å². The van der Waals surface area contributed by atoms with Gasteiger partial charge < -0.3 is 4.74 Å². The molecule has 1 rings (SSSR count). The summed E-state index contributed by atoms with van der Waals surface area (Å²) in [4.78, 5) is 0. The standard InChI is InChI=1S/C8H14F2O4S/c1-4-6-5(2)8(9,10)7(13-6)14-15(3,11)12/h5-7H,4H2,1-3H3/t5-,6-,7-/m1/s1. The Balaban J connectivity index is 2.84. The van der Waals surface area contributed by atoms with Crippen molar-refractivity contribution < 1.29 is 26.1 Å². The smallest absolute Gasteiger partial charge is 0.304 e. The maximum absolute atomic E-state index is 13.5. The Hall–Kier alpha value is -0.270. The lowest BCUT2D eigenvalue weighted by molar-refractivity contribution is -0.174. The third-order valence-corrected chi connectivity index (χ3v) is 2.97. The van der Waals surface area contributed by atoms with E-state index < -0.39 is 34.4 Å². The fourth-order valence-corrected chi connectivity index (χ4v) is 2.02. The van der Waals surface area contributed by atoms with E-state index in [-0.39, 0.29) is 0 Å². The molecule has 0 spiro atoms. The van der Waals surface area contributed by atoms with Crippen molar-refractivity contribution in [3.63, 3.8) is 0 Å². The summed E-state index contributed by atoms with van der Waals surface area (Å²) < 4.78 is 57.5. The first-order chi connectivity index (χ1) is 6.68. The molecule has 15 heavy (non-hydrogen) atoms. The minimum atomic E-state index is -3.94. The predicted molar refractivity (Wildman–Crippen MR) is 49.0 cm³/mol. The summed E-state index contributed by atoms with van der Waals surface area (Å²) in [5.74, 6) is -4.32. The van der Waals surface area contributed by atoms with Crippen LogP contribution in [0.15, 0.2) is 0 Å². The van der Waals surface area contributed by atoms with Crippen molar-refractivity contribution >= 4 is 10.1 Å². The van der Waals surface area contributed by atoms with E-state index in [4.69, 9.17) is 4.74 Å². The first kappa shape index (κ1) is 12.8. The van der Waals surface area contributed by atoms with Gasteiger partial charge in [-0.15, -0.1) is 0 Å². The van der Waals surface area contributed by atoms with Crippen molar-refractivity contribution in [3.05, 3.63) is 0 Å². The first-order valence-electron chi connectivity index (χ1n) is 4.60. The zero-order chi connectivity index (χ0) is 11.9. The molecule has 1 aliphatic rings. The predicted octanol–water partition coefficient (Wildman–Crippen LogP) is 1.37. The Morgan fingerprint density at radius 1 is 1.47 bits per heavy atom. The molecule has 0 N–H and O–H groups in total. The number of rotatable bonds is 3. The highest BCUT2D eigenvalue weighted by atomic mass is 32.2. The van der Waals surface area contributed by atoms with E-state index in [9.17, 15) is 17.2 Å². The molecular formula is C8H14F2O4S. The van der Waals surface area contributed by atoms with Crippen LogP contribution in [0.1, 0.15) is 20.3 Å². The zero-order valence-corrected chi connectivity index (χ0v) is 9.55. The van der Waals surface area contributed by atoms with Crippen LogP contribution in [0.25, 0.3) is 0 Å². The molecule has 0 aromatic rings. The van der Waals surface area contributed by atoms with Crippen molar-refractivity contribution in [2.24, 2.45) is 5.92 Å². The summed E-state index contributed by atoms with van der Waals surface area (Å²) in [6.07, 6.45) is -1.56. The number of alkyl halides is 2. The molecule has 1 fully saturated rings. The maximum Gasteiger partial charge on any atom is 0.304 e. The summed E-state index contributed by atoms with van der Waals surface area (Å²) in [7, 11) is -3.94. The molecular weight excluding hydrogens is 230 g/mol. The molecule has 0 aromatic carbocycles. The average molecular weight is 244 g/mol. The van der Waals surface area contributed by atoms with Gasteiger partial charge in [-0.3, -0.25) is 0 Å². The highest BCUT2D eigenvalue weighted by molar-refractivity contribution is 7.86. The van der Waals surface area contributed by atoms with E-state index in [0.29, 0.717) is 6.42 Å². The van der Waals surface area contributed by atoms with Gasteiger partial charge >= 0.3 is 5.92 Å². The molecule has 90 valence electrons. The van der Waals surface area contributed by atoms with Gasteiger partial charge in [0.05, 0.1) is 18.3 Å². The summed E-state index contributed by atoms with van der Waals surface area (Å²) in [5, 5.41) is 0. The SMILES string of the molecule is CC[C@H]1O[C@H](OS(C)(=O)=O)C(F)(F)[C@@H]1C. The van der Waals surface area contributed by atoms with Crippen LogP contribution in [0.3, 0.4) is 0 Å². The van der Waals surface area contributed by atoms with Gasteiger partial charge in [0.2, 0.25) is 6.29 Å². The molecule has 1 aliphatic heterocycles. The number of hydrogen-bond acceptors (Lipinski definition) is 4. The van der Waals surface area contributed by atoms with Crippen LogP contribution in [-0.4, -0.2) is 33.0 Å². The lowest BCUT2D eigenvalue weighted by Gasteiger charge is -2.19. The molecule has 1 saturated heterocycles. The summed E-state index contributed by atoms with van der Waals surface area (Å²) in [6, 6.07) is 0. The molecule has 4 nitrogen and oxygen atoms in total. The molecule has 0 radical (unpaired) electrons. The second-order valence-corrected chi connectivity index (χ2v) is 5.28. The summed E-state index contributed by atoms with van der Waals surface area (Å²) >= 11 is 0. The van der Waals surface area contributed by atoms with E-state index in [1.165, 1.54) is 6.92 Å². The van der Waals surface area contributed by atoms with Crippen LogP contribution >= 0.6 is 0 Å². The lowest BCUT2D eigenvalue weighted by atomic mass is 9.98.